The first kappa shape index (κ1) is 15.5. The van der Waals surface area contributed by atoms with E-state index in [0.717, 1.165) is 28.0 Å². The molecule has 0 saturated carbocycles. The molecule has 110 valence electrons. The van der Waals surface area contributed by atoms with Crippen LogP contribution in [0.1, 0.15) is 25.3 Å². The summed E-state index contributed by atoms with van der Waals surface area (Å²) < 4.78 is 0.925. The molecule has 2 rings (SSSR count). The summed E-state index contributed by atoms with van der Waals surface area (Å²) in [6.07, 6.45) is 3.42. The van der Waals surface area contributed by atoms with Crippen LogP contribution in [0.5, 0.6) is 0 Å². The van der Waals surface area contributed by atoms with Crippen LogP contribution in [0.2, 0.25) is 0 Å². The maximum absolute atomic E-state index is 12.4. The predicted molar refractivity (Wildman–Crippen MR) is 89.6 cm³/mol. The Labute approximate surface area is 133 Å². The lowest BCUT2D eigenvalue weighted by molar-refractivity contribution is -0.117. The van der Waals surface area contributed by atoms with Crippen molar-refractivity contribution in [3.63, 3.8) is 0 Å². The van der Waals surface area contributed by atoms with Gasteiger partial charge in [0.25, 0.3) is 0 Å². The molecule has 2 N–H and O–H groups in total. The fourth-order valence-electron chi connectivity index (χ4n) is 1.99. The van der Waals surface area contributed by atoms with E-state index < -0.39 is 0 Å². The summed E-state index contributed by atoms with van der Waals surface area (Å²) in [5.74, 6) is -0.313. The first-order valence-electron chi connectivity index (χ1n) is 6.86. The van der Waals surface area contributed by atoms with Crippen molar-refractivity contribution in [3.8, 4) is 0 Å². The summed E-state index contributed by atoms with van der Waals surface area (Å²) in [6, 6.07) is 9.52. The number of benzene rings is 1. The first-order chi connectivity index (χ1) is 10.1. The largest absolute Gasteiger partial charge is 0.384 e. The number of hydrogen-bond donors (Lipinski definition) is 2. The van der Waals surface area contributed by atoms with E-state index in [1.165, 1.54) is 0 Å². The van der Waals surface area contributed by atoms with Crippen molar-refractivity contribution in [2.45, 2.75) is 19.8 Å². The summed E-state index contributed by atoms with van der Waals surface area (Å²) in [7, 11) is 0. The second-order valence-electron chi connectivity index (χ2n) is 4.72. The van der Waals surface area contributed by atoms with Crippen LogP contribution in [0.3, 0.4) is 0 Å². The Balaban J connectivity index is 2.17. The molecule has 0 aliphatic rings. The number of rotatable bonds is 5. The molecule has 0 bridgehead atoms. The van der Waals surface area contributed by atoms with Crippen molar-refractivity contribution in [2.24, 2.45) is 0 Å². The minimum Gasteiger partial charge on any atom is -0.384 e. The van der Waals surface area contributed by atoms with Crippen molar-refractivity contribution < 1.29 is 4.79 Å². The monoisotopic (exact) mass is 347 g/mol. The Hall–Kier alpha value is -1.88. The number of nitrogens with one attached hydrogen (secondary N) is 2. The normalized spacial score (nSPS) is 11.8. The third-order valence-electron chi connectivity index (χ3n) is 3.18. The molecule has 1 atom stereocenters. The van der Waals surface area contributed by atoms with Gasteiger partial charge in [-0.05, 0) is 43.7 Å². The number of hydrogen-bond acceptors (Lipinski definition) is 3. The number of pyridine rings is 1. The van der Waals surface area contributed by atoms with Gasteiger partial charge in [-0.3, -0.25) is 9.78 Å². The van der Waals surface area contributed by atoms with E-state index in [1.807, 2.05) is 44.2 Å². The zero-order chi connectivity index (χ0) is 15.2. The zero-order valence-electron chi connectivity index (χ0n) is 12.1. The SMILES string of the molecule is CCNc1ccc(Br)cc1NC(=O)[C@@H](C)c1cccnc1. The summed E-state index contributed by atoms with van der Waals surface area (Å²) in [6.45, 7) is 4.69. The molecule has 0 radical (unpaired) electrons. The van der Waals surface area contributed by atoms with Crippen LogP contribution in [0, 0.1) is 0 Å². The molecule has 0 saturated heterocycles. The highest BCUT2D eigenvalue weighted by Crippen LogP contribution is 2.27. The number of nitrogens with zero attached hydrogens (tertiary/aromatic N) is 1. The molecule has 0 unspecified atom stereocenters. The van der Waals surface area contributed by atoms with Gasteiger partial charge in [0, 0.05) is 23.4 Å². The van der Waals surface area contributed by atoms with Gasteiger partial charge in [-0.25, -0.2) is 0 Å². The van der Waals surface area contributed by atoms with Gasteiger partial charge in [-0.2, -0.15) is 0 Å². The average Bonchev–Trinajstić information content (AvgIpc) is 2.50. The number of carbonyl (C=O) groups excluding carboxylic acids is 1. The van der Waals surface area contributed by atoms with Gasteiger partial charge in [-0.1, -0.05) is 22.0 Å². The van der Waals surface area contributed by atoms with E-state index in [0.29, 0.717) is 0 Å². The Morgan fingerprint density at radius 1 is 1.33 bits per heavy atom. The van der Waals surface area contributed by atoms with Gasteiger partial charge >= 0.3 is 0 Å². The average molecular weight is 348 g/mol. The van der Waals surface area contributed by atoms with E-state index in [1.54, 1.807) is 12.4 Å². The molecule has 21 heavy (non-hydrogen) atoms. The molecule has 0 fully saturated rings. The molecule has 5 heteroatoms. The van der Waals surface area contributed by atoms with Crippen LogP contribution in [-0.2, 0) is 4.79 Å². The second kappa shape index (κ2) is 7.22. The number of halogens is 1. The molecule has 1 aromatic heterocycles. The second-order valence-corrected chi connectivity index (χ2v) is 5.63. The van der Waals surface area contributed by atoms with E-state index in [-0.39, 0.29) is 11.8 Å². The van der Waals surface area contributed by atoms with Gasteiger partial charge in [0.2, 0.25) is 5.91 Å². The summed E-state index contributed by atoms with van der Waals surface area (Å²) >= 11 is 3.43. The van der Waals surface area contributed by atoms with Crippen LogP contribution in [-0.4, -0.2) is 17.4 Å². The van der Waals surface area contributed by atoms with Gasteiger partial charge in [0.05, 0.1) is 17.3 Å². The van der Waals surface area contributed by atoms with Crippen molar-refractivity contribution >= 4 is 33.2 Å². The molecular weight excluding hydrogens is 330 g/mol. The van der Waals surface area contributed by atoms with Gasteiger partial charge < -0.3 is 10.6 Å². The third kappa shape index (κ3) is 4.04. The Morgan fingerprint density at radius 2 is 2.14 bits per heavy atom. The lowest BCUT2D eigenvalue weighted by atomic mass is 10.0. The first-order valence-corrected chi connectivity index (χ1v) is 7.65. The lowest BCUT2D eigenvalue weighted by Gasteiger charge is -2.16. The van der Waals surface area contributed by atoms with Crippen LogP contribution in [0.15, 0.2) is 47.2 Å². The van der Waals surface area contributed by atoms with Gasteiger partial charge in [-0.15, -0.1) is 0 Å². The molecule has 2 aromatic rings. The standard InChI is InChI=1S/C16H18BrN3O/c1-3-19-14-7-6-13(17)9-15(14)20-16(21)11(2)12-5-4-8-18-10-12/h4-11,19H,3H2,1-2H3,(H,20,21)/t11-/m0/s1. The highest BCUT2D eigenvalue weighted by atomic mass is 79.9. The lowest BCUT2D eigenvalue weighted by Crippen LogP contribution is -2.20. The van der Waals surface area contributed by atoms with Crippen molar-refractivity contribution in [1.82, 2.24) is 4.98 Å². The summed E-state index contributed by atoms with van der Waals surface area (Å²) in [5.41, 5.74) is 2.58. The number of aromatic nitrogens is 1. The van der Waals surface area contributed by atoms with Crippen molar-refractivity contribution in [3.05, 3.63) is 52.8 Å². The Morgan fingerprint density at radius 3 is 2.81 bits per heavy atom. The number of anilines is 2. The van der Waals surface area contributed by atoms with Crippen LogP contribution < -0.4 is 10.6 Å². The molecule has 4 nitrogen and oxygen atoms in total. The van der Waals surface area contributed by atoms with Gasteiger partial charge in [0.15, 0.2) is 0 Å². The molecular formula is C16H18BrN3O. The molecule has 0 aliphatic carbocycles. The Bertz CT molecular complexity index is 616. The fourth-order valence-corrected chi connectivity index (χ4v) is 2.35. The molecule has 0 spiro atoms. The highest BCUT2D eigenvalue weighted by Gasteiger charge is 2.16. The van der Waals surface area contributed by atoms with Crippen LogP contribution in [0.25, 0.3) is 0 Å². The molecule has 1 aromatic carbocycles. The maximum atomic E-state index is 12.4. The zero-order valence-corrected chi connectivity index (χ0v) is 13.6. The predicted octanol–water partition coefficient (Wildman–Crippen LogP) is 4.02. The topological polar surface area (TPSA) is 54.0 Å². The van der Waals surface area contributed by atoms with E-state index >= 15 is 0 Å². The maximum Gasteiger partial charge on any atom is 0.231 e. The molecule has 0 aliphatic heterocycles. The van der Waals surface area contributed by atoms with Crippen LogP contribution >= 0.6 is 15.9 Å². The quantitative estimate of drug-likeness (QED) is 0.858. The minimum atomic E-state index is -0.257. The van der Waals surface area contributed by atoms with Crippen LogP contribution in [0.4, 0.5) is 11.4 Å². The number of amides is 1. The van der Waals surface area contributed by atoms with E-state index in [4.69, 9.17) is 0 Å². The molecule has 1 amide bonds. The van der Waals surface area contributed by atoms with E-state index in [9.17, 15) is 4.79 Å². The van der Waals surface area contributed by atoms with E-state index in [2.05, 4.69) is 31.5 Å². The molecule has 1 heterocycles. The minimum absolute atomic E-state index is 0.0553. The van der Waals surface area contributed by atoms with Crippen molar-refractivity contribution in [1.29, 1.82) is 0 Å². The Kier molecular flexibility index (Phi) is 5.33. The van der Waals surface area contributed by atoms with Crippen molar-refractivity contribution in [2.75, 3.05) is 17.2 Å². The fraction of sp³-hybridized carbons (Fsp3) is 0.250. The third-order valence-corrected chi connectivity index (χ3v) is 3.68. The number of carbonyl (C=O) groups is 1. The highest BCUT2D eigenvalue weighted by molar-refractivity contribution is 9.10. The smallest absolute Gasteiger partial charge is 0.231 e. The van der Waals surface area contributed by atoms with Gasteiger partial charge in [0.1, 0.15) is 0 Å². The summed E-state index contributed by atoms with van der Waals surface area (Å²) in [5, 5.41) is 6.21. The summed E-state index contributed by atoms with van der Waals surface area (Å²) in [4.78, 5) is 16.5.